The Hall–Kier alpha value is -2.29. The lowest BCUT2D eigenvalue weighted by Crippen LogP contribution is -2.00. The first-order valence-corrected chi connectivity index (χ1v) is 6.20. The molecule has 0 unspecified atom stereocenters. The van der Waals surface area contributed by atoms with Crippen molar-refractivity contribution in [3.63, 3.8) is 0 Å². The van der Waals surface area contributed by atoms with Crippen LogP contribution in [0.15, 0.2) is 53.2 Å². The molecule has 0 saturated heterocycles. The molecule has 0 aliphatic carbocycles. The van der Waals surface area contributed by atoms with Gasteiger partial charge in [0, 0.05) is 11.6 Å². The summed E-state index contributed by atoms with van der Waals surface area (Å²) in [5, 5.41) is 0. The molecule has 0 saturated carbocycles. The number of benzene rings is 1. The van der Waals surface area contributed by atoms with Crippen molar-refractivity contribution in [3.8, 4) is 11.3 Å². The Labute approximate surface area is 112 Å². The quantitative estimate of drug-likeness (QED) is 0.615. The normalized spacial score (nSPS) is 11.4. The van der Waals surface area contributed by atoms with Gasteiger partial charge in [0.15, 0.2) is 0 Å². The maximum atomic E-state index is 11.4. The minimum atomic E-state index is -0.310. The summed E-state index contributed by atoms with van der Waals surface area (Å²) in [5.41, 5.74) is 2.88. The highest BCUT2D eigenvalue weighted by atomic mass is 16.5. The van der Waals surface area contributed by atoms with Crippen LogP contribution in [0.3, 0.4) is 0 Å². The van der Waals surface area contributed by atoms with E-state index in [1.165, 1.54) is 6.08 Å². The molecule has 3 nitrogen and oxygen atoms in total. The molecule has 3 heteroatoms. The lowest BCUT2D eigenvalue weighted by molar-refractivity contribution is -0.137. The van der Waals surface area contributed by atoms with Crippen LogP contribution in [0.4, 0.5) is 0 Å². The van der Waals surface area contributed by atoms with E-state index < -0.39 is 0 Å². The van der Waals surface area contributed by atoms with Gasteiger partial charge in [0.1, 0.15) is 5.76 Å². The van der Waals surface area contributed by atoms with E-state index in [1.807, 2.05) is 43.3 Å². The number of allylic oxidation sites excluding steroid dienone is 1. The Bertz CT molecular complexity index is 563. The predicted molar refractivity (Wildman–Crippen MR) is 74.4 cm³/mol. The number of hydrogen-bond donors (Lipinski definition) is 0. The zero-order chi connectivity index (χ0) is 13.7. The van der Waals surface area contributed by atoms with Gasteiger partial charge in [-0.3, -0.25) is 0 Å². The van der Waals surface area contributed by atoms with Crippen LogP contribution in [0.25, 0.3) is 16.9 Å². The highest BCUT2D eigenvalue weighted by Gasteiger charge is 2.03. The topological polar surface area (TPSA) is 39.4 Å². The van der Waals surface area contributed by atoms with Gasteiger partial charge in [-0.25, -0.2) is 4.79 Å². The summed E-state index contributed by atoms with van der Waals surface area (Å²) >= 11 is 0. The van der Waals surface area contributed by atoms with Crippen LogP contribution in [0.1, 0.15) is 19.4 Å². The van der Waals surface area contributed by atoms with Gasteiger partial charge in [-0.15, -0.1) is 0 Å². The lowest BCUT2D eigenvalue weighted by atomic mass is 10.0. The zero-order valence-electron chi connectivity index (χ0n) is 11.1. The Balaban J connectivity index is 2.16. The van der Waals surface area contributed by atoms with Crippen molar-refractivity contribution < 1.29 is 13.9 Å². The Morgan fingerprint density at radius 1 is 1.26 bits per heavy atom. The predicted octanol–water partition coefficient (Wildman–Crippen LogP) is 3.91. The van der Waals surface area contributed by atoms with Crippen LogP contribution in [0.2, 0.25) is 0 Å². The van der Waals surface area contributed by atoms with E-state index in [-0.39, 0.29) is 5.97 Å². The Morgan fingerprint density at radius 2 is 2.00 bits per heavy atom. The Morgan fingerprint density at radius 3 is 2.58 bits per heavy atom. The number of carbonyl (C=O) groups is 1. The first-order chi connectivity index (χ1) is 9.20. The largest absolute Gasteiger partial charge is 0.464 e. The zero-order valence-corrected chi connectivity index (χ0v) is 11.1. The molecule has 0 spiro atoms. The summed E-state index contributed by atoms with van der Waals surface area (Å²) in [6.45, 7) is 4.07. The van der Waals surface area contributed by atoms with Gasteiger partial charge in [0.25, 0.3) is 0 Å². The van der Waals surface area contributed by atoms with E-state index in [9.17, 15) is 4.79 Å². The molecule has 98 valence electrons. The fourth-order valence-electron chi connectivity index (χ4n) is 1.78. The molecular weight excluding hydrogens is 240 g/mol. The van der Waals surface area contributed by atoms with Crippen LogP contribution in [-0.2, 0) is 9.53 Å². The van der Waals surface area contributed by atoms with Crippen molar-refractivity contribution in [1.29, 1.82) is 0 Å². The Kier molecular flexibility index (Phi) is 4.18. The van der Waals surface area contributed by atoms with Gasteiger partial charge in [-0.2, -0.15) is 0 Å². The molecular formula is C16H16O3. The van der Waals surface area contributed by atoms with Crippen LogP contribution in [0.5, 0.6) is 0 Å². The van der Waals surface area contributed by atoms with E-state index in [0.717, 1.165) is 22.5 Å². The third-order valence-electron chi connectivity index (χ3n) is 2.77. The van der Waals surface area contributed by atoms with Crippen LogP contribution < -0.4 is 0 Å². The van der Waals surface area contributed by atoms with E-state index >= 15 is 0 Å². The SMILES string of the molecule is CCOC(=O)/C=C(\C)c1ccc(-c2ccco2)cc1. The monoisotopic (exact) mass is 256 g/mol. The molecule has 0 bridgehead atoms. The fourth-order valence-corrected chi connectivity index (χ4v) is 1.78. The summed E-state index contributed by atoms with van der Waals surface area (Å²) in [7, 11) is 0. The number of hydrogen-bond acceptors (Lipinski definition) is 3. The second-order valence-electron chi connectivity index (χ2n) is 4.13. The van der Waals surface area contributed by atoms with Crippen LogP contribution >= 0.6 is 0 Å². The molecule has 0 amide bonds. The molecule has 0 aliphatic rings. The molecule has 1 heterocycles. The van der Waals surface area contributed by atoms with Crippen molar-refractivity contribution in [1.82, 2.24) is 0 Å². The van der Waals surface area contributed by atoms with E-state index in [0.29, 0.717) is 6.61 Å². The smallest absolute Gasteiger partial charge is 0.331 e. The minimum absolute atomic E-state index is 0.310. The average Bonchev–Trinajstić information content (AvgIpc) is 2.93. The summed E-state index contributed by atoms with van der Waals surface area (Å²) < 4.78 is 10.2. The molecule has 0 fully saturated rings. The second kappa shape index (κ2) is 6.05. The fraction of sp³-hybridized carbons (Fsp3) is 0.188. The number of esters is 1. The van der Waals surface area contributed by atoms with Gasteiger partial charge in [-0.1, -0.05) is 24.3 Å². The molecule has 1 aromatic carbocycles. The maximum absolute atomic E-state index is 11.4. The molecule has 0 aliphatic heterocycles. The number of rotatable bonds is 4. The molecule has 1 aromatic heterocycles. The van der Waals surface area contributed by atoms with Gasteiger partial charge in [0.05, 0.1) is 12.9 Å². The molecule has 2 rings (SSSR count). The van der Waals surface area contributed by atoms with E-state index in [4.69, 9.17) is 9.15 Å². The highest BCUT2D eigenvalue weighted by molar-refractivity contribution is 5.91. The first-order valence-electron chi connectivity index (χ1n) is 6.20. The van der Waals surface area contributed by atoms with E-state index in [2.05, 4.69) is 0 Å². The molecule has 19 heavy (non-hydrogen) atoms. The van der Waals surface area contributed by atoms with Gasteiger partial charge >= 0.3 is 5.97 Å². The molecule has 2 aromatic rings. The van der Waals surface area contributed by atoms with E-state index in [1.54, 1.807) is 13.2 Å². The molecule has 0 atom stereocenters. The maximum Gasteiger partial charge on any atom is 0.331 e. The van der Waals surface area contributed by atoms with Crippen molar-refractivity contribution >= 4 is 11.5 Å². The number of furan rings is 1. The summed E-state index contributed by atoms with van der Waals surface area (Å²) in [6, 6.07) is 11.6. The minimum Gasteiger partial charge on any atom is -0.464 e. The van der Waals surface area contributed by atoms with Gasteiger partial charge < -0.3 is 9.15 Å². The number of carbonyl (C=O) groups excluding carboxylic acids is 1. The highest BCUT2D eigenvalue weighted by Crippen LogP contribution is 2.22. The summed E-state index contributed by atoms with van der Waals surface area (Å²) in [4.78, 5) is 11.4. The summed E-state index contributed by atoms with van der Waals surface area (Å²) in [6.07, 6.45) is 3.15. The second-order valence-corrected chi connectivity index (χ2v) is 4.13. The van der Waals surface area contributed by atoms with Crippen molar-refractivity contribution in [2.75, 3.05) is 6.61 Å². The third kappa shape index (κ3) is 3.35. The third-order valence-corrected chi connectivity index (χ3v) is 2.77. The average molecular weight is 256 g/mol. The molecule has 0 radical (unpaired) electrons. The number of ether oxygens (including phenoxy) is 1. The van der Waals surface area contributed by atoms with Crippen molar-refractivity contribution in [3.05, 3.63) is 54.3 Å². The standard InChI is InChI=1S/C16H16O3/c1-3-18-16(17)11-12(2)13-6-8-14(9-7-13)15-5-4-10-19-15/h4-11H,3H2,1-2H3/b12-11+. The van der Waals surface area contributed by atoms with Crippen LogP contribution in [0, 0.1) is 0 Å². The lowest BCUT2D eigenvalue weighted by Gasteiger charge is -2.03. The first kappa shape index (κ1) is 13.1. The van der Waals surface area contributed by atoms with Crippen molar-refractivity contribution in [2.24, 2.45) is 0 Å². The summed E-state index contributed by atoms with van der Waals surface area (Å²) in [5.74, 6) is 0.522. The van der Waals surface area contributed by atoms with Gasteiger partial charge in [0.2, 0.25) is 0 Å². The molecule has 0 N–H and O–H groups in total. The van der Waals surface area contributed by atoms with Crippen LogP contribution in [-0.4, -0.2) is 12.6 Å². The van der Waals surface area contributed by atoms with Gasteiger partial charge in [-0.05, 0) is 37.1 Å². The van der Waals surface area contributed by atoms with Crippen molar-refractivity contribution in [2.45, 2.75) is 13.8 Å².